The average Bonchev–Trinajstić information content (AvgIpc) is 3.21. The second-order valence-electron chi connectivity index (χ2n) is 11.3. The van der Waals surface area contributed by atoms with Gasteiger partial charge in [-0.25, -0.2) is 9.59 Å². The lowest BCUT2D eigenvalue weighted by Gasteiger charge is -2.25. The van der Waals surface area contributed by atoms with Crippen molar-refractivity contribution in [2.75, 3.05) is 6.61 Å². The Labute approximate surface area is 231 Å². The summed E-state index contributed by atoms with van der Waals surface area (Å²) in [6.45, 7) is 13.3. The van der Waals surface area contributed by atoms with E-state index < -0.39 is 23.7 Å². The molecule has 0 radical (unpaired) electrons. The molecule has 0 saturated heterocycles. The van der Waals surface area contributed by atoms with Gasteiger partial charge in [-0.05, 0) is 80.6 Å². The van der Waals surface area contributed by atoms with E-state index in [0.29, 0.717) is 0 Å². The third-order valence-electron chi connectivity index (χ3n) is 6.56. The van der Waals surface area contributed by atoms with Gasteiger partial charge >= 0.3 is 12.1 Å². The number of rotatable bonds is 9. The Morgan fingerprint density at radius 3 is 2.00 bits per heavy atom. The maximum Gasteiger partial charge on any atom is 0.407 e. The Hall–Kier alpha value is -4.06. The maximum absolute atomic E-state index is 13.1. The van der Waals surface area contributed by atoms with Gasteiger partial charge in [0.05, 0.1) is 0 Å². The van der Waals surface area contributed by atoms with Crippen molar-refractivity contribution >= 4 is 12.1 Å². The number of esters is 1. The third-order valence-corrected chi connectivity index (χ3v) is 6.56. The molecule has 0 aromatic heterocycles. The molecule has 1 amide bonds. The molecule has 0 saturated carbocycles. The van der Waals surface area contributed by atoms with Gasteiger partial charge in [-0.15, -0.1) is 0 Å². The highest BCUT2D eigenvalue weighted by atomic mass is 16.6. The standard InChI is InChI=1S/C33H37NO5/c1-7-33(5,6)39-30(35)29(20-22-16-18-23(19-17-22)38-32(2,3)4)34-31(36)37-21-28-26-14-10-8-12-24(26)25-13-9-11-15-27(25)28/h7-19,28-29H,1,20-21H2,2-6H3,(H,34,36)/t29-/m0/s1. The van der Waals surface area contributed by atoms with Crippen LogP contribution in [0.2, 0.25) is 0 Å². The van der Waals surface area contributed by atoms with Crippen molar-refractivity contribution in [2.45, 2.75) is 64.2 Å². The molecule has 3 aromatic rings. The van der Waals surface area contributed by atoms with Gasteiger partial charge in [0.25, 0.3) is 0 Å². The molecule has 0 spiro atoms. The minimum Gasteiger partial charge on any atom is -0.488 e. The summed E-state index contributed by atoms with van der Waals surface area (Å²) in [7, 11) is 0. The van der Waals surface area contributed by atoms with E-state index in [-0.39, 0.29) is 24.5 Å². The number of fused-ring (bicyclic) bond motifs is 3. The number of hydrogen-bond acceptors (Lipinski definition) is 5. The molecule has 0 aliphatic heterocycles. The fraction of sp³-hybridized carbons (Fsp3) is 0.333. The highest BCUT2D eigenvalue weighted by molar-refractivity contribution is 5.82. The second-order valence-corrected chi connectivity index (χ2v) is 11.3. The Balaban J connectivity index is 1.46. The van der Waals surface area contributed by atoms with Crippen LogP contribution in [0, 0.1) is 0 Å². The summed E-state index contributed by atoms with van der Waals surface area (Å²) in [5, 5.41) is 2.74. The zero-order valence-corrected chi connectivity index (χ0v) is 23.3. The van der Waals surface area contributed by atoms with Crippen molar-refractivity contribution in [2.24, 2.45) is 0 Å². The summed E-state index contributed by atoms with van der Waals surface area (Å²) in [6.07, 6.45) is 1.10. The van der Waals surface area contributed by atoms with Crippen LogP contribution in [0.15, 0.2) is 85.5 Å². The molecule has 3 aromatic carbocycles. The van der Waals surface area contributed by atoms with E-state index >= 15 is 0 Å². The average molecular weight is 528 g/mol. The first-order valence-electron chi connectivity index (χ1n) is 13.2. The Morgan fingerprint density at radius 1 is 0.897 bits per heavy atom. The summed E-state index contributed by atoms with van der Waals surface area (Å²) < 4.78 is 17.2. The van der Waals surface area contributed by atoms with Crippen molar-refractivity contribution in [1.29, 1.82) is 0 Å². The van der Waals surface area contributed by atoms with Gasteiger partial charge in [-0.1, -0.05) is 67.2 Å². The molecule has 1 N–H and O–H groups in total. The van der Waals surface area contributed by atoms with Crippen LogP contribution in [-0.2, 0) is 20.7 Å². The topological polar surface area (TPSA) is 73.9 Å². The van der Waals surface area contributed by atoms with E-state index in [9.17, 15) is 9.59 Å². The lowest BCUT2D eigenvalue weighted by atomic mass is 9.98. The van der Waals surface area contributed by atoms with Gasteiger partial charge < -0.3 is 19.5 Å². The fourth-order valence-electron chi connectivity index (χ4n) is 4.63. The van der Waals surface area contributed by atoms with E-state index in [1.807, 2.05) is 69.3 Å². The highest BCUT2D eigenvalue weighted by Crippen LogP contribution is 2.44. The van der Waals surface area contributed by atoms with Crippen molar-refractivity contribution < 1.29 is 23.8 Å². The number of hydrogen-bond donors (Lipinski definition) is 1. The SMILES string of the molecule is C=CC(C)(C)OC(=O)[C@H](Cc1ccc(OC(C)(C)C)cc1)NC(=O)OCC1c2ccccc2-c2ccccc21. The quantitative estimate of drug-likeness (QED) is 0.244. The molecular formula is C33H37NO5. The Morgan fingerprint density at radius 2 is 1.46 bits per heavy atom. The molecule has 1 atom stereocenters. The first kappa shape index (κ1) is 28.0. The molecule has 1 aliphatic carbocycles. The second kappa shape index (κ2) is 11.4. The van der Waals surface area contributed by atoms with Crippen LogP contribution >= 0.6 is 0 Å². The number of carbonyl (C=O) groups excluding carboxylic acids is 2. The van der Waals surface area contributed by atoms with E-state index in [4.69, 9.17) is 14.2 Å². The largest absolute Gasteiger partial charge is 0.488 e. The normalized spacial score (nSPS) is 13.6. The number of alkyl carbamates (subject to hydrolysis) is 1. The maximum atomic E-state index is 13.1. The molecule has 39 heavy (non-hydrogen) atoms. The highest BCUT2D eigenvalue weighted by Gasteiger charge is 2.31. The van der Waals surface area contributed by atoms with Crippen LogP contribution < -0.4 is 10.1 Å². The van der Waals surface area contributed by atoms with Crippen LogP contribution in [0.4, 0.5) is 4.79 Å². The molecule has 6 heteroatoms. The Bertz CT molecular complexity index is 1290. The zero-order chi connectivity index (χ0) is 28.2. The van der Waals surface area contributed by atoms with Crippen molar-refractivity contribution in [3.8, 4) is 16.9 Å². The van der Waals surface area contributed by atoms with Gasteiger partial charge in [-0.3, -0.25) is 0 Å². The number of ether oxygens (including phenoxy) is 3. The van der Waals surface area contributed by atoms with Gasteiger partial charge in [0.1, 0.15) is 29.6 Å². The van der Waals surface area contributed by atoms with Crippen molar-refractivity contribution in [1.82, 2.24) is 5.32 Å². The summed E-state index contributed by atoms with van der Waals surface area (Å²) >= 11 is 0. The zero-order valence-electron chi connectivity index (χ0n) is 23.3. The smallest absolute Gasteiger partial charge is 0.407 e. The van der Waals surface area contributed by atoms with Gasteiger partial charge in [0.15, 0.2) is 0 Å². The predicted octanol–water partition coefficient (Wildman–Crippen LogP) is 6.82. The minimum atomic E-state index is -0.950. The summed E-state index contributed by atoms with van der Waals surface area (Å²) in [5.41, 5.74) is 4.16. The van der Waals surface area contributed by atoms with Gasteiger partial charge in [0, 0.05) is 12.3 Å². The number of carbonyl (C=O) groups is 2. The molecule has 0 unspecified atom stereocenters. The number of nitrogens with one attached hydrogen (secondary N) is 1. The minimum absolute atomic E-state index is 0.0800. The monoisotopic (exact) mass is 527 g/mol. The van der Waals surface area contributed by atoms with Crippen molar-refractivity contribution in [3.63, 3.8) is 0 Å². The molecule has 0 fully saturated rings. The molecule has 0 heterocycles. The molecule has 0 bridgehead atoms. The van der Waals surface area contributed by atoms with Gasteiger partial charge in [-0.2, -0.15) is 0 Å². The molecule has 1 aliphatic rings. The number of amides is 1. The van der Waals surface area contributed by atoms with E-state index in [2.05, 4.69) is 36.2 Å². The first-order chi connectivity index (χ1) is 18.5. The van der Waals surface area contributed by atoms with E-state index in [1.165, 1.54) is 0 Å². The fourth-order valence-corrected chi connectivity index (χ4v) is 4.63. The lowest BCUT2D eigenvalue weighted by Crippen LogP contribution is -2.46. The summed E-state index contributed by atoms with van der Waals surface area (Å²) in [5.74, 6) is 0.0784. The van der Waals surface area contributed by atoms with Gasteiger partial charge in [0.2, 0.25) is 0 Å². The van der Waals surface area contributed by atoms with Crippen LogP contribution in [0.5, 0.6) is 5.75 Å². The summed E-state index contributed by atoms with van der Waals surface area (Å²) in [6, 6.07) is 22.8. The molecule has 6 nitrogen and oxygen atoms in total. The number of benzene rings is 3. The Kier molecular flexibility index (Phi) is 8.14. The van der Waals surface area contributed by atoms with Crippen LogP contribution in [0.25, 0.3) is 11.1 Å². The summed E-state index contributed by atoms with van der Waals surface area (Å²) in [4.78, 5) is 26.1. The molecule has 4 rings (SSSR count). The van der Waals surface area contributed by atoms with Crippen LogP contribution in [0.1, 0.15) is 57.2 Å². The lowest BCUT2D eigenvalue weighted by molar-refractivity contribution is -0.155. The van der Waals surface area contributed by atoms with E-state index in [0.717, 1.165) is 33.6 Å². The molecular weight excluding hydrogens is 490 g/mol. The van der Waals surface area contributed by atoms with Crippen LogP contribution in [-0.4, -0.2) is 35.9 Å². The third kappa shape index (κ3) is 7.08. The van der Waals surface area contributed by atoms with Crippen molar-refractivity contribution in [3.05, 3.63) is 102 Å². The van der Waals surface area contributed by atoms with Crippen LogP contribution in [0.3, 0.4) is 0 Å². The predicted molar refractivity (Wildman–Crippen MR) is 153 cm³/mol. The molecule has 204 valence electrons. The van der Waals surface area contributed by atoms with E-state index in [1.54, 1.807) is 19.9 Å². The first-order valence-corrected chi connectivity index (χ1v) is 13.2.